The fourth-order valence-corrected chi connectivity index (χ4v) is 4.39. The number of hydrogen-bond donors (Lipinski definition) is 1. The summed E-state index contributed by atoms with van der Waals surface area (Å²) in [5.41, 5.74) is 1.37. The number of ether oxygens (including phenoxy) is 4. The number of carbonyl (C=O) groups is 2. The fourth-order valence-electron chi connectivity index (χ4n) is 4.39. The first-order valence-electron chi connectivity index (χ1n) is 11.9. The van der Waals surface area contributed by atoms with Crippen LogP contribution in [0.15, 0.2) is 72.3 Å². The molecule has 1 unspecified atom stereocenters. The largest absolute Gasteiger partial charge is 0.506 e. The molecule has 1 fully saturated rings. The van der Waals surface area contributed by atoms with Crippen molar-refractivity contribution in [3.63, 3.8) is 0 Å². The van der Waals surface area contributed by atoms with Crippen LogP contribution >= 0.6 is 0 Å². The minimum atomic E-state index is -0.922. The van der Waals surface area contributed by atoms with E-state index in [2.05, 4.69) is 0 Å². The van der Waals surface area contributed by atoms with Gasteiger partial charge in [0.1, 0.15) is 41.0 Å². The number of nitrogens with zero attached hydrogens (tertiary/aromatic N) is 1. The number of rotatable bonds is 10. The molecule has 9 heteroatoms. The summed E-state index contributed by atoms with van der Waals surface area (Å²) in [4.78, 5) is 27.8. The molecule has 0 spiro atoms. The predicted octanol–water partition coefficient (Wildman–Crippen LogP) is 4.49. The third-order valence-electron chi connectivity index (χ3n) is 6.23. The van der Waals surface area contributed by atoms with E-state index in [4.69, 9.17) is 18.9 Å². The highest BCUT2D eigenvalue weighted by Crippen LogP contribution is 2.43. The van der Waals surface area contributed by atoms with Crippen LogP contribution in [0.3, 0.4) is 0 Å². The van der Waals surface area contributed by atoms with E-state index in [1.165, 1.54) is 38.4 Å². The number of likely N-dealkylation sites (tertiary alicyclic amines) is 1. The molecule has 1 heterocycles. The second kappa shape index (κ2) is 11.8. The molecule has 8 nitrogen and oxygen atoms in total. The Hall–Kier alpha value is -4.37. The van der Waals surface area contributed by atoms with Crippen LogP contribution < -0.4 is 14.2 Å². The number of halogens is 1. The first-order chi connectivity index (χ1) is 18.4. The molecule has 1 N–H and O–H groups in total. The Kier molecular flexibility index (Phi) is 8.28. The van der Waals surface area contributed by atoms with Crippen molar-refractivity contribution < 1.29 is 38.0 Å². The Morgan fingerprint density at radius 3 is 2.24 bits per heavy atom. The van der Waals surface area contributed by atoms with Crippen molar-refractivity contribution in [2.24, 2.45) is 0 Å². The number of hydrogen-bond acceptors (Lipinski definition) is 7. The van der Waals surface area contributed by atoms with Gasteiger partial charge in [0.25, 0.3) is 11.7 Å². The molecular formula is C29H28FNO7. The number of aliphatic hydroxyl groups is 1. The molecule has 3 aromatic rings. The first-order valence-corrected chi connectivity index (χ1v) is 11.9. The van der Waals surface area contributed by atoms with Gasteiger partial charge in [-0.1, -0.05) is 30.3 Å². The minimum absolute atomic E-state index is 0.107. The van der Waals surface area contributed by atoms with Crippen molar-refractivity contribution in [3.8, 4) is 17.2 Å². The van der Waals surface area contributed by atoms with E-state index in [1.54, 1.807) is 54.6 Å². The molecule has 1 amide bonds. The van der Waals surface area contributed by atoms with Crippen LogP contribution in [0.25, 0.3) is 5.76 Å². The lowest BCUT2D eigenvalue weighted by Gasteiger charge is -2.25. The molecule has 0 radical (unpaired) electrons. The zero-order valence-electron chi connectivity index (χ0n) is 21.3. The Balaban J connectivity index is 1.79. The molecule has 0 aliphatic carbocycles. The number of methoxy groups -OCH3 is 3. The van der Waals surface area contributed by atoms with Crippen LogP contribution in [0.2, 0.25) is 0 Å². The van der Waals surface area contributed by atoms with Crippen molar-refractivity contribution in [1.29, 1.82) is 0 Å². The maximum Gasteiger partial charge on any atom is 0.295 e. The number of benzene rings is 3. The number of amides is 1. The van der Waals surface area contributed by atoms with E-state index < -0.39 is 23.5 Å². The van der Waals surface area contributed by atoms with Crippen LogP contribution in [-0.4, -0.2) is 56.2 Å². The monoisotopic (exact) mass is 521 g/mol. The van der Waals surface area contributed by atoms with Crippen LogP contribution in [0.4, 0.5) is 4.39 Å². The summed E-state index contributed by atoms with van der Waals surface area (Å²) >= 11 is 0. The summed E-state index contributed by atoms with van der Waals surface area (Å²) in [5.74, 6) is -1.33. The van der Waals surface area contributed by atoms with Crippen molar-refractivity contribution in [3.05, 3.63) is 94.8 Å². The van der Waals surface area contributed by atoms with E-state index >= 15 is 0 Å². The Bertz CT molecular complexity index is 1330. The molecule has 198 valence electrons. The molecule has 1 aliphatic rings. The molecule has 1 atom stereocenters. The van der Waals surface area contributed by atoms with E-state index in [9.17, 15) is 19.1 Å². The minimum Gasteiger partial charge on any atom is -0.506 e. The topological polar surface area (TPSA) is 94.5 Å². The molecule has 3 aromatic carbocycles. The second-order valence-electron chi connectivity index (χ2n) is 8.51. The summed E-state index contributed by atoms with van der Waals surface area (Å²) in [5, 5.41) is 11.5. The Morgan fingerprint density at radius 1 is 0.947 bits per heavy atom. The van der Waals surface area contributed by atoms with Gasteiger partial charge < -0.3 is 29.0 Å². The van der Waals surface area contributed by atoms with E-state index in [-0.39, 0.29) is 48.2 Å². The first kappa shape index (κ1) is 26.7. The van der Waals surface area contributed by atoms with Gasteiger partial charge in [0, 0.05) is 13.7 Å². The molecule has 0 aromatic heterocycles. The maximum atomic E-state index is 13.3. The van der Waals surface area contributed by atoms with E-state index in [0.29, 0.717) is 11.3 Å². The van der Waals surface area contributed by atoms with Crippen LogP contribution in [0.1, 0.15) is 22.7 Å². The molecule has 0 saturated carbocycles. The van der Waals surface area contributed by atoms with Crippen LogP contribution in [0.5, 0.6) is 17.2 Å². The molecule has 1 saturated heterocycles. The van der Waals surface area contributed by atoms with Gasteiger partial charge in [-0.15, -0.1) is 0 Å². The average molecular weight is 522 g/mol. The van der Waals surface area contributed by atoms with Crippen molar-refractivity contribution in [2.45, 2.75) is 12.6 Å². The summed E-state index contributed by atoms with van der Waals surface area (Å²) in [6, 6.07) is 16.9. The van der Waals surface area contributed by atoms with Crippen molar-refractivity contribution in [1.82, 2.24) is 4.90 Å². The van der Waals surface area contributed by atoms with Gasteiger partial charge in [-0.25, -0.2) is 4.39 Å². The smallest absolute Gasteiger partial charge is 0.295 e. The third-order valence-corrected chi connectivity index (χ3v) is 6.23. The number of ketones is 1. The predicted molar refractivity (Wildman–Crippen MR) is 138 cm³/mol. The Labute approximate surface area is 219 Å². The Morgan fingerprint density at radius 2 is 1.61 bits per heavy atom. The van der Waals surface area contributed by atoms with Gasteiger partial charge in [0.2, 0.25) is 0 Å². The molecule has 4 rings (SSSR count). The SMILES string of the molecule is COCCN1C(=O)C(=O)/C(=C(/O)c2c(OC)cccc2OC)C1c1cccc(OCc2ccc(F)cc2)c1. The quantitative estimate of drug-likeness (QED) is 0.239. The lowest BCUT2D eigenvalue weighted by Crippen LogP contribution is -2.32. The van der Waals surface area contributed by atoms with Gasteiger partial charge >= 0.3 is 0 Å². The van der Waals surface area contributed by atoms with E-state index in [0.717, 1.165) is 5.56 Å². The molecule has 1 aliphatic heterocycles. The normalized spacial score (nSPS) is 16.5. The lowest BCUT2D eigenvalue weighted by atomic mass is 9.94. The van der Waals surface area contributed by atoms with Crippen LogP contribution in [0, 0.1) is 5.82 Å². The van der Waals surface area contributed by atoms with Gasteiger partial charge in [-0.05, 0) is 47.5 Å². The third kappa shape index (κ3) is 5.33. The highest BCUT2D eigenvalue weighted by molar-refractivity contribution is 6.46. The zero-order valence-corrected chi connectivity index (χ0v) is 21.3. The number of carbonyl (C=O) groups excluding carboxylic acids is 2. The zero-order chi connectivity index (χ0) is 27.2. The number of aliphatic hydroxyl groups excluding tert-OH is 1. The summed E-state index contributed by atoms with van der Waals surface area (Å²) in [6.45, 7) is 0.487. The highest BCUT2D eigenvalue weighted by Gasteiger charge is 2.46. The van der Waals surface area contributed by atoms with Gasteiger partial charge in [0.15, 0.2) is 0 Å². The summed E-state index contributed by atoms with van der Waals surface area (Å²) in [7, 11) is 4.36. The standard InChI is InChI=1S/C29H28FNO7/c1-35-15-14-31-26(19-6-4-7-21(16-19)38-17-18-10-12-20(30)13-11-18)25(28(33)29(31)34)27(32)24-22(36-2)8-5-9-23(24)37-3/h4-13,16,26,32H,14-15,17H2,1-3H3/b27-25+. The summed E-state index contributed by atoms with van der Waals surface area (Å²) < 4.78 is 35.1. The highest BCUT2D eigenvalue weighted by atomic mass is 19.1. The molecule has 38 heavy (non-hydrogen) atoms. The van der Waals surface area contributed by atoms with Gasteiger partial charge in [0.05, 0.1) is 32.4 Å². The molecular weight excluding hydrogens is 493 g/mol. The van der Waals surface area contributed by atoms with Gasteiger partial charge in [-0.3, -0.25) is 9.59 Å². The van der Waals surface area contributed by atoms with Crippen LogP contribution in [-0.2, 0) is 20.9 Å². The molecule has 0 bridgehead atoms. The average Bonchev–Trinajstić information content (AvgIpc) is 3.20. The fraction of sp³-hybridized carbons (Fsp3) is 0.241. The summed E-state index contributed by atoms with van der Waals surface area (Å²) in [6.07, 6.45) is 0. The number of Topliss-reactive ketones (excluding diaryl/α,β-unsaturated/α-hetero) is 1. The maximum absolute atomic E-state index is 13.3. The second-order valence-corrected chi connectivity index (χ2v) is 8.51. The lowest BCUT2D eigenvalue weighted by molar-refractivity contribution is -0.140. The van der Waals surface area contributed by atoms with E-state index in [1.807, 2.05) is 0 Å². The van der Waals surface area contributed by atoms with Gasteiger partial charge in [-0.2, -0.15) is 0 Å². The van der Waals surface area contributed by atoms with Crippen molar-refractivity contribution in [2.75, 3.05) is 34.5 Å². The van der Waals surface area contributed by atoms with Crippen molar-refractivity contribution >= 4 is 17.4 Å².